The van der Waals surface area contributed by atoms with Crippen LogP contribution >= 0.6 is 46.3 Å². The molecule has 3 aromatic rings. The van der Waals surface area contributed by atoms with Crippen molar-refractivity contribution in [3.05, 3.63) is 63.5 Å². The van der Waals surface area contributed by atoms with Gasteiger partial charge in [-0.15, -0.1) is 11.3 Å². The number of hydrogen-bond donors (Lipinski definition) is 3. The molecule has 0 saturated carbocycles. The maximum Gasteiger partial charge on any atom is 0.408 e. The summed E-state index contributed by atoms with van der Waals surface area (Å²) in [4.78, 5) is 43.7. The number of carbonyl (C=O) groups excluding carboxylic acids is 3. The highest BCUT2D eigenvalue weighted by molar-refractivity contribution is 8.01. The van der Waals surface area contributed by atoms with Crippen LogP contribution in [0, 0.1) is 0 Å². The summed E-state index contributed by atoms with van der Waals surface area (Å²) in [6.45, 7) is 7.65. The molecule has 0 aliphatic carbocycles. The van der Waals surface area contributed by atoms with Gasteiger partial charge in [0.25, 0.3) is 0 Å². The second kappa shape index (κ2) is 15.3. The Labute approximate surface area is 270 Å². The van der Waals surface area contributed by atoms with Crippen molar-refractivity contribution < 1.29 is 19.1 Å². The number of amides is 3. The van der Waals surface area contributed by atoms with Crippen molar-refractivity contribution in [1.82, 2.24) is 20.5 Å². The maximum absolute atomic E-state index is 12.6. The van der Waals surface area contributed by atoms with Gasteiger partial charge in [-0.25, -0.2) is 9.78 Å². The van der Waals surface area contributed by atoms with E-state index >= 15 is 0 Å². The zero-order valence-electron chi connectivity index (χ0n) is 24.2. The summed E-state index contributed by atoms with van der Waals surface area (Å²) in [5.74, 6) is -0.0907. The lowest BCUT2D eigenvalue weighted by Crippen LogP contribution is -2.44. The molecule has 1 fully saturated rings. The minimum absolute atomic E-state index is 0.00520. The standard InChI is InChI=1S/C30H35Cl2N5O4S2/c1-30(2,3)41-28(40)33-15-26(38)35-22-6-4-5-20(14-22)25-17-42-29(36-25)43-18-27(39)34-21-9-11-37(12-10-21)16-19-7-8-23(31)24(32)13-19/h4-8,13-14,17,21H,9-12,15-16,18H2,1-3H3,(H,33,40)(H,34,39)(H,35,38). The Bertz CT molecular complexity index is 1440. The second-order valence-corrected chi connectivity index (χ2v) is 14.0. The zero-order valence-corrected chi connectivity index (χ0v) is 27.4. The Balaban J connectivity index is 1.18. The minimum Gasteiger partial charge on any atom is -0.444 e. The van der Waals surface area contributed by atoms with Crippen LogP contribution in [0.1, 0.15) is 39.2 Å². The third-order valence-corrected chi connectivity index (χ3v) is 9.15. The number of thiazole rings is 1. The lowest BCUT2D eigenvalue weighted by atomic mass is 10.0. The molecule has 4 rings (SSSR count). The molecule has 0 spiro atoms. The van der Waals surface area contributed by atoms with Crippen molar-refractivity contribution in [2.75, 3.05) is 30.7 Å². The van der Waals surface area contributed by atoms with Crippen LogP contribution in [0.2, 0.25) is 10.0 Å². The van der Waals surface area contributed by atoms with Gasteiger partial charge in [0.1, 0.15) is 12.1 Å². The van der Waals surface area contributed by atoms with Gasteiger partial charge in [-0.2, -0.15) is 0 Å². The van der Waals surface area contributed by atoms with Crippen LogP contribution < -0.4 is 16.0 Å². The van der Waals surface area contributed by atoms with Gasteiger partial charge in [0.2, 0.25) is 11.8 Å². The number of alkyl carbamates (subject to hydrolysis) is 1. The SMILES string of the molecule is CC(C)(C)OC(=O)NCC(=O)Nc1cccc(-c2csc(SCC(=O)NC3CCN(Cc4ccc(Cl)c(Cl)c4)CC3)n2)c1. The Kier molecular flexibility index (Phi) is 11.7. The van der Waals surface area contributed by atoms with Crippen LogP contribution in [0.25, 0.3) is 11.3 Å². The lowest BCUT2D eigenvalue weighted by molar-refractivity contribution is -0.119. The Hall–Kier alpha value is -2.83. The molecule has 2 aromatic carbocycles. The molecule has 1 aromatic heterocycles. The van der Waals surface area contributed by atoms with Crippen molar-refractivity contribution in [2.45, 2.75) is 56.1 Å². The molecular weight excluding hydrogens is 629 g/mol. The first-order valence-corrected chi connectivity index (χ1v) is 16.5. The average molecular weight is 665 g/mol. The molecule has 1 aliphatic heterocycles. The van der Waals surface area contributed by atoms with Crippen LogP contribution in [-0.4, -0.2) is 64.8 Å². The van der Waals surface area contributed by atoms with Gasteiger partial charge in [-0.3, -0.25) is 14.5 Å². The maximum atomic E-state index is 12.6. The lowest BCUT2D eigenvalue weighted by Gasteiger charge is -2.32. The molecule has 0 radical (unpaired) electrons. The van der Waals surface area contributed by atoms with Gasteiger partial charge in [-0.05, 0) is 63.4 Å². The highest BCUT2D eigenvalue weighted by atomic mass is 35.5. The van der Waals surface area contributed by atoms with E-state index in [0.717, 1.165) is 53.6 Å². The van der Waals surface area contributed by atoms with Crippen LogP contribution in [0.15, 0.2) is 52.2 Å². The molecule has 3 amide bonds. The number of nitrogens with zero attached hydrogens (tertiary/aromatic N) is 2. The Morgan fingerprint density at radius 2 is 1.84 bits per heavy atom. The number of likely N-dealkylation sites (tertiary alicyclic amines) is 1. The molecule has 3 N–H and O–H groups in total. The number of halogens is 2. The van der Waals surface area contributed by atoms with Crippen LogP contribution in [0.3, 0.4) is 0 Å². The first-order valence-electron chi connectivity index (χ1n) is 13.8. The molecule has 0 unspecified atom stereocenters. The average Bonchev–Trinajstić information content (AvgIpc) is 3.42. The fourth-order valence-electron chi connectivity index (χ4n) is 4.41. The van der Waals surface area contributed by atoms with Crippen LogP contribution in [0.5, 0.6) is 0 Å². The second-order valence-electron chi connectivity index (χ2n) is 11.1. The fourth-order valence-corrected chi connectivity index (χ4v) is 6.38. The summed E-state index contributed by atoms with van der Waals surface area (Å²) in [5.41, 5.74) is 2.65. The van der Waals surface area contributed by atoms with Gasteiger partial charge < -0.3 is 20.7 Å². The molecule has 230 valence electrons. The molecule has 43 heavy (non-hydrogen) atoms. The topological polar surface area (TPSA) is 113 Å². The number of rotatable bonds is 10. The molecule has 1 saturated heterocycles. The van der Waals surface area contributed by atoms with Crippen molar-refractivity contribution in [2.24, 2.45) is 0 Å². The van der Waals surface area contributed by atoms with E-state index in [4.69, 9.17) is 27.9 Å². The van der Waals surface area contributed by atoms with E-state index in [1.165, 1.54) is 23.1 Å². The largest absolute Gasteiger partial charge is 0.444 e. The molecule has 2 heterocycles. The van der Waals surface area contributed by atoms with Gasteiger partial charge in [0.05, 0.1) is 21.5 Å². The predicted molar refractivity (Wildman–Crippen MR) is 174 cm³/mol. The predicted octanol–water partition coefficient (Wildman–Crippen LogP) is 6.45. The van der Waals surface area contributed by atoms with E-state index < -0.39 is 11.7 Å². The van der Waals surface area contributed by atoms with E-state index in [-0.39, 0.29) is 30.2 Å². The zero-order chi connectivity index (χ0) is 31.0. The van der Waals surface area contributed by atoms with E-state index in [9.17, 15) is 14.4 Å². The number of carbonyl (C=O) groups is 3. The number of anilines is 1. The third-order valence-electron chi connectivity index (χ3n) is 6.39. The monoisotopic (exact) mass is 663 g/mol. The molecule has 0 bridgehead atoms. The summed E-state index contributed by atoms with van der Waals surface area (Å²) >= 11 is 15.0. The summed E-state index contributed by atoms with van der Waals surface area (Å²) in [7, 11) is 0. The quantitative estimate of drug-likeness (QED) is 0.214. The van der Waals surface area contributed by atoms with Gasteiger partial charge in [0.15, 0.2) is 4.34 Å². The summed E-state index contributed by atoms with van der Waals surface area (Å²) in [6.07, 6.45) is 1.13. The van der Waals surface area contributed by atoms with Crippen molar-refractivity contribution in [3.8, 4) is 11.3 Å². The van der Waals surface area contributed by atoms with Gasteiger partial charge in [-0.1, -0.05) is 53.2 Å². The smallest absolute Gasteiger partial charge is 0.408 e. The first-order chi connectivity index (χ1) is 20.4. The number of aromatic nitrogens is 1. The number of piperidine rings is 1. The first kappa shape index (κ1) is 33.1. The van der Waals surface area contributed by atoms with Gasteiger partial charge >= 0.3 is 6.09 Å². The molecular formula is C30H35Cl2N5O4S2. The van der Waals surface area contributed by atoms with Crippen molar-refractivity contribution in [1.29, 1.82) is 0 Å². The molecule has 9 nitrogen and oxygen atoms in total. The number of benzene rings is 2. The van der Waals surface area contributed by atoms with Crippen molar-refractivity contribution >= 4 is 69.9 Å². The molecule has 1 aliphatic rings. The Morgan fingerprint density at radius 3 is 2.56 bits per heavy atom. The van der Waals surface area contributed by atoms with E-state index in [2.05, 4.69) is 25.8 Å². The third kappa shape index (κ3) is 11.0. The number of hydrogen-bond acceptors (Lipinski definition) is 8. The number of thioether (sulfide) groups is 1. The molecule has 0 atom stereocenters. The highest BCUT2D eigenvalue weighted by Crippen LogP contribution is 2.30. The van der Waals surface area contributed by atoms with E-state index in [0.29, 0.717) is 15.7 Å². The fraction of sp³-hybridized carbons (Fsp3) is 0.400. The number of ether oxygens (including phenoxy) is 1. The molecule has 13 heteroatoms. The van der Waals surface area contributed by atoms with E-state index in [1.54, 1.807) is 26.8 Å². The Morgan fingerprint density at radius 1 is 1.07 bits per heavy atom. The summed E-state index contributed by atoms with van der Waals surface area (Å²) < 4.78 is 5.93. The van der Waals surface area contributed by atoms with Crippen LogP contribution in [-0.2, 0) is 20.9 Å². The summed E-state index contributed by atoms with van der Waals surface area (Å²) in [6, 6.07) is 13.2. The summed E-state index contributed by atoms with van der Waals surface area (Å²) in [5, 5.41) is 11.4. The number of nitrogens with one attached hydrogen (secondary N) is 3. The highest BCUT2D eigenvalue weighted by Gasteiger charge is 2.21. The van der Waals surface area contributed by atoms with Gasteiger partial charge in [0, 0.05) is 42.3 Å². The minimum atomic E-state index is -0.653. The van der Waals surface area contributed by atoms with E-state index in [1.807, 2.05) is 41.8 Å². The van der Waals surface area contributed by atoms with Crippen LogP contribution in [0.4, 0.5) is 10.5 Å². The van der Waals surface area contributed by atoms with Crippen molar-refractivity contribution in [3.63, 3.8) is 0 Å². The normalized spacial score (nSPS) is 14.3.